The number of hydrogen-bond acceptors (Lipinski definition) is 7. The second-order valence-electron chi connectivity index (χ2n) is 6.40. The van der Waals surface area contributed by atoms with Crippen LogP contribution < -0.4 is 0 Å². The third-order valence-electron chi connectivity index (χ3n) is 3.57. The molecular weight excluding hydrogens is 419 g/mol. The summed E-state index contributed by atoms with van der Waals surface area (Å²) in [6, 6.07) is 0. The van der Waals surface area contributed by atoms with Gasteiger partial charge >= 0.3 is 13.8 Å². The summed E-state index contributed by atoms with van der Waals surface area (Å²) in [5.74, 6) is -1.19. The van der Waals surface area contributed by atoms with Gasteiger partial charge in [-0.2, -0.15) is 0 Å². The lowest BCUT2D eigenvalue weighted by Crippen LogP contribution is -2.41. The van der Waals surface area contributed by atoms with Gasteiger partial charge in [-0.15, -0.1) is 0 Å². The summed E-state index contributed by atoms with van der Waals surface area (Å²) in [4.78, 5) is 28.6. The molecule has 170 valence electrons. The van der Waals surface area contributed by atoms with Crippen LogP contribution >= 0.6 is 7.82 Å². The predicted molar refractivity (Wildman–Crippen MR) is 109 cm³/mol. The average molecular weight is 448 g/mol. The van der Waals surface area contributed by atoms with Crippen molar-refractivity contribution in [2.45, 2.75) is 43.7 Å². The van der Waals surface area contributed by atoms with E-state index in [1.165, 1.54) is 31.2 Å². The number of aliphatic hydroxyl groups is 4. The molecule has 0 spiro atoms. The van der Waals surface area contributed by atoms with E-state index in [1.54, 1.807) is 18.2 Å². The van der Waals surface area contributed by atoms with Crippen LogP contribution in [0.5, 0.6) is 0 Å². The van der Waals surface area contributed by atoms with Gasteiger partial charge in [0.05, 0.1) is 18.8 Å². The van der Waals surface area contributed by atoms with E-state index in [0.29, 0.717) is 0 Å². The van der Waals surface area contributed by atoms with Gasteiger partial charge in [0.15, 0.2) is 0 Å². The largest absolute Gasteiger partial charge is 0.478 e. The van der Waals surface area contributed by atoms with E-state index in [2.05, 4.69) is 4.52 Å². The Morgan fingerprint density at radius 2 is 1.70 bits per heavy atom. The van der Waals surface area contributed by atoms with Crippen LogP contribution in [0.25, 0.3) is 0 Å². The maximum absolute atomic E-state index is 11.3. The van der Waals surface area contributed by atoms with Crippen LogP contribution in [0.15, 0.2) is 60.8 Å². The summed E-state index contributed by atoms with van der Waals surface area (Å²) in [7, 11) is -5.01. The molecule has 7 N–H and O–H groups in total. The molecule has 4 atom stereocenters. The average Bonchev–Trinajstić information content (AvgIpc) is 2.61. The molecular formula is C19H29O10P. The molecule has 0 aromatic heterocycles. The zero-order valence-electron chi connectivity index (χ0n) is 16.4. The molecule has 0 saturated heterocycles. The molecule has 0 saturated carbocycles. The molecule has 0 unspecified atom stereocenters. The van der Waals surface area contributed by atoms with Gasteiger partial charge in [0.25, 0.3) is 0 Å². The zero-order valence-corrected chi connectivity index (χ0v) is 17.3. The highest BCUT2D eigenvalue weighted by atomic mass is 31.2. The van der Waals surface area contributed by atoms with Crippen molar-refractivity contribution < 1.29 is 49.2 Å². The van der Waals surface area contributed by atoms with Crippen LogP contribution in [-0.4, -0.2) is 71.8 Å². The van der Waals surface area contributed by atoms with Crippen molar-refractivity contribution in [1.82, 2.24) is 0 Å². The highest BCUT2D eigenvalue weighted by Gasteiger charge is 2.36. The highest BCUT2D eigenvalue weighted by Crippen LogP contribution is 2.41. The monoisotopic (exact) mass is 448 g/mol. The molecule has 0 aliphatic heterocycles. The van der Waals surface area contributed by atoms with Gasteiger partial charge in [0, 0.05) is 12.5 Å². The molecule has 0 aromatic rings. The van der Waals surface area contributed by atoms with Crippen LogP contribution in [0.4, 0.5) is 0 Å². The first-order valence-corrected chi connectivity index (χ1v) is 10.4. The van der Waals surface area contributed by atoms with Crippen LogP contribution in [-0.2, 0) is 13.9 Å². The van der Waals surface area contributed by atoms with Gasteiger partial charge in [-0.1, -0.05) is 54.7 Å². The van der Waals surface area contributed by atoms with Gasteiger partial charge < -0.3 is 35.3 Å². The lowest BCUT2D eigenvalue weighted by atomic mass is 9.93. The number of carboxylic acid groups (broad SMARTS) is 1. The second-order valence-corrected chi connectivity index (χ2v) is 7.59. The Morgan fingerprint density at radius 3 is 2.27 bits per heavy atom. The first-order valence-electron chi connectivity index (χ1n) is 8.89. The van der Waals surface area contributed by atoms with E-state index in [4.69, 9.17) is 20.0 Å². The second kappa shape index (κ2) is 14.2. The van der Waals surface area contributed by atoms with Crippen molar-refractivity contribution in [3.8, 4) is 0 Å². The van der Waals surface area contributed by atoms with E-state index in [-0.39, 0.29) is 19.4 Å². The molecule has 0 rings (SSSR count). The van der Waals surface area contributed by atoms with Gasteiger partial charge in [0.2, 0.25) is 0 Å². The zero-order chi connectivity index (χ0) is 23.2. The van der Waals surface area contributed by atoms with Gasteiger partial charge in [-0.3, -0.25) is 4.52 Å². The number of carboxylic acids is 1. The van der Waals surface area contributed by atoms with E-state index in [1.807, 2.05) is 0 Å². The minimum atomic E-state index is -5.01. The fourth-order valence-corrected chi connectivity index (χ4v) is 2.74. The van der Waals surface area contributed by atoms with Crippen molar-refractivity contribution in [2.75, 3.05) is 6.61 Å². The first kappa shape index (κ1) is 28.1. The molecule has 0 fully saturated rings. The number of carbonyl (C=O) groups is 1. The standard InChI is InChI=1S/C19H29O10P/c1-19(25,12-11-15(21)9-7-10-18(23)24)17(29-30(26,27)28)14-16(22)8-5-3-2-4-6-13-20/h2-8,10-12,15-17,20-22,25H,9,13-14H2,1H3,(H,23,24)(H2,26,27,28)/b3-2-,6-4+,8-5-,10-7-,12-11+/t15-,16+,17-,19-/m1/s1. The molecule has 0 heterocycles. The van der Waals surface area contributed by atoms with Crippen molar-refractivity contribution in [1.29, 1.82) is 0 Å². The summed E-state index contributed by atoms with van der Waals surface area (Å²) in [5.41, 5.74) is -1.98. The highest BCUT2D eigenvalue weighted by molar-refractivity contribution is 7.46. The van der Waals surface area contributed by atoms with E-state index in [0.717, 1.165) is 18.2 Å². The quantitative estimate of drug-likeness (QED) is 0.0858. The van der Waals surface area contributed by atoms with Crippen LogP contribution in [0.3, 0.4) is 0 Å². The first-order chi connectivity index (χ1) is 13.9. The third-order valence-corrected chi connectivity index (χ3v) is 4.10. The summed E-state index contributed by atoms with van der Waals surface area (Å²) in [6.45, 7) is 1.06. The molecule has 0 bridgehead atoms. The third kappa shape index (κ3) is 15.0. The molecule has 0 aliphatic carbocycles. The normalized spacial score (nSPS) is 18.6. The Balaban J connectivity index is 5.19. The Hall–Kier alpha value is -1.88. The number of allylic oxidation sites excluding steroid dienone is 4. The van der Waals surface area contributed by atoms with E-state index >= 15 is 0 Å². The lowest BCUT2D eigenvalue weighted by Gasteiger charge is -2.31. The topological polar surface area (TPSA) is 185 Å². The molecule has 30 heavy (non-hydrogen) atoms. The fraction of sp³-hybridized carbons (Fsp3) is 0.421. The molecule has 10 nitrogen and oxygen atoms in total. The number of aliphatic carboxylic acids is 1. The van der Waals surface area contributed by atoms with E-state index < -0.39 is 37.7 Å². The Bertz CT molecular complexity index is 702. The number of aliphatic hydroxyl groups excluding tert-OH is 3. The summed E-state index contributed by atoms with van der Waals surface area (Å²) < 4.78 is 15.9. The maximum atomic E-state index is 11.3. The Labute approximate surface area is 174 Å². The summed E-state index contributed by atoms with van der Waals surface area (Å²) in [6.07, 6.45) is 8.82. The Morgan fingerprint density at radius 1 is 1.07 bits per heavy atom. The van der Waals surface area contributed by atoms with Crippen LogP contribution in [0, 0.1) is 0 Å². The minimum Gasteiger partial charge on any atom is -0.478 e. The van der Waals surface area contributed by atoms with E-state index in [9.17, 15) is 24.7 Å². The molecule has 0 aromatic carbocycles. The van der Waals surface area contributed by atoms with Crippen molar-refractivity contribution in [2.24, 2.45) is 0 Å². The number of rotatable bonds is 14. The molecule has 0 amide bonds. The number of phosphoric ester groups is 1. The number of hydrogen-bond donors (Lipinski definition) is 7. The minimum absolute atomic E-state index is 0.0642. The van der Waals surface area contributed by atoms with Crippen molar-refractivity contribution in [3.05, 3.63) is 60.8 Å². The maximum Gasteiger partial charge on any atom is 0.469 e. The Kier molecular flexibility index (Phi) is 13.3. The van der Waals surface area contributed by atoms with Crippen LogP contribution in [0.2, 0.25) is 0 Å². The smallest absolute Gasteiger partial charge is 0.469 e. The summed E-state index contributed by atoms with van der Waals surface area (Å²) >= 11 is 0. The van der Waals surface area contributed by atoms with Crippen molar-refractivity contribution >= 4 is 13.8 Å². The molecule has 11 heteroatoms. The van der Waals surface area contributed by atoms with Gasteiger partial charge in [-0.25, -0.2) is 9.36 Å². The number of phosphoric acid groups is 1. The predicted octanol–water partition coefficient (Wildman–Crippen LogP) is 0.575. The molecule has 0 aliphatic rings. The molecule has 0 radical (unpaired) electrons. The summed E-state index contributed by atoms with van der Waals surface area (Å²) in [5, 5.41) is 47.5. The SMILES string of the molecule is C[C@@](O)(/C=C/[C@H](O)C/C=C\C(=O)O)[C@@H](C[C@@H](O)\C=C/C=C\C=C\CO)OP(=O)(O)O. The lowest BCUT2D eigenvalue weighted by molar-refractivity contribution is -0.131. The van der Waals surface area contributed by atoms with Gasteiger partial charge in [0.1, 0.15) is 11.7 Å². The van der Waals surface area contributed by atoms with Crippen molar-refractivity contribution in [3.63, 3.8) is 0 Å². The van der Waals surface area contributed by atoms with Gasteiger partial charge in [-0.05, 0) is 13.3 Å². The fourth-order valence-electron chi connectivity index (χ4n) is 2.11. The van der Waals surface area contributed by atoms with Crippen LogP contribution in [0.1, 0.15) is 19.8 Å².